The van der Waals surface area contributed by atoms with Gasteiger partial charge in [0.2, 0.25) is 0 Å². The molecule has 1 saturated heterocycles. The van der Waals surface area contributed by atoms with Gasteiger partial charge in [0, 0.05) is 30.4 Å². The average molecular weight is 546 g/mol. The van der Waals surface area contributed by atoms with Gasteiger partial charge in [0.1, 0.15) is 30.3 Å². The SMILES string of the molecule is O=C([O-])C(F)(F)F.O=C([O-])C(F)(F)F.c1ccc2c(c1)[C@H]1[NH2+][C@@H]2CC1n1cnc2c([NH2+]C3CC3)ncnc21. The second-order valence-corrected chi connectivity index (χ2v) is 8.91. The van der Waals surface area contributed by atoms with Crippen molar-refractivity contribution in [3.8, 4) is 0 Å². The number of aromatic nitrogens is 4. The highest BCUT2D eigenvalue weighted by molar-refractivity contribution is 5.78. The van der Waals surface area contributed by atoms with E-state index in [1.165, 1.54) is 24.0 Å². The molecule has 3 atom stereocenters. The van der Waals surface area contributed by atoms with Gasteiger partial charge in [-0.15, -0.1) is 0 Å². The molecule has 1 unspecified atom stereocenters. The van der Waals surface area contributed by atoms with Crippen molar-refractivity contribution in [2.45, 2.75) is 55.8 Å². The summed E-state index contributed by atoms with van der Waals surface area (Å²) in [6.07, 6.45) is -3.00. The first-order valence-corrected chi connectivity index (χ1v) is 11.3. The minimum Gasteiger partial charge on any atom is -0.542 e. The number of nitrogens with zero attached hydrogens (tertiary/aromatic N) is 4. The molecule has 4 N–H and O–H groups in total. The number of hydrogen-bond acceptors (Lipinski definition) is 7. The van der Waals surface area contributed by atoms with Crippen molar-refractivity contribution in [3.05, 3.63) is 48.0 Å². The van der Waals surface area contributed by atoms with Crippen LogP contribution in [0.3, 0.4) is 0 Å². The molecule has 16 heteroatoms. The molecule has 1 aromatic carbocycles. The van der Waals surface area contributed by atoms with Crippen molar-refractivity contribution >= 4 is 28.9 Å². The molecular formula is C22H20F6N6O4. The third-order valence-corrected chi connectivity index (χ3v) is 6.33. The molecule has 2 fully saturated rings. The maximum Gasteiger partial charge on any atom is 0.430 e. The second kappa shape index (κ2) is 10.2. The number of quaternary nitrogens is 2. The molecule has 0 amide bonds. The van der Waals surface area contributed by atoms with E-state index in [2.05, 4.69) is 54.4 Å². The smallest absolute Gasteiger partial charge is 0.430 e. The molecule has 0 spiro atoms. The molecule has 38 heavy (non-hydrogen) atoms. The van der Waals surface area contributed by atoms with Gasteiger partial charge >= 0.3 is 12.4 Å². The second-order valence-electron chi connectivity index (χ2n) is 8.91. The molecule has 0 radical (unpaired) electrons. The molecule has 1 aliphatic carbocycles. The Morgan fingerprint density at radius 1 is 0.947 bits per heavy atom. The summed E-state index contributed by atoms with van der Waals surface area (Å²) in [6.45, 7) is 0. The van der Waals surface area contributed by atoms with Crippen molar-refractivity contribution in [3.63, 3.8) is 0 Å². The van der Waals surface area contributed by atoms with E-state index in [0.717, 1.165) is 23.4 Å². The molecule has 2 aromatic heterocycles. The number of rotatable bonds is 3. The van der Waals surface area contributed by atoms with Gasteiger partial charge in [-0.05, 0) is 0 Å². The summed E-state index contributed by atoms with van der Waals surface area (Å²) in [6, 6.07) is 11.0. The lowest BCUT2D eigenvalue weighted by Crippen LogP contribution is -2.80. The van der Waals surface area contributed by atoms with Crippen LogP contribution in [0.15, 0.2) is 36.9 Å². The van der Waals surface area contributed by atoms with Crippen LogP contribution in [0.2, 0.25) is 0 Å². The molecule has 2 aliphatic heterocycles. The monoisotopic (exact) mass is 546 g/mol. The Morgan fingerprint density at radius 2 is 1.53 bits per heavy atom. The van der Waals surface area contributed by atoms with Gasteiger partial charge in [-0.25, -0.2) is 9.97 Å². The lowest BCUT2D eigenvalue weighted by atomic mass is 9.88. The number of carboxylic acid groups (broad SMARTS) is 2. The summed E-state index contributed by atoms with van der Waals surface area (Å²) in [5, 5.41) is 22.4. The van der Waals surface area contributed by atoms with Gasteiger partial charge in [-0.2, -0.15) is 31.3 Å². The summed E-state index contributed by atoms with van der Waals surface area (Å²) in [5.74, 6) is -5.01. The minimum absolute atomic E-state index is 0.429. The van der Waals surface area contributed by atoms with E-state index in [0.29, 0.717) is 24.2 Å². The van der Waals surface area contributed by atoms with Gasteiger partial charge < -0.3 is 29.7 Å². The molecule has 204 valence electrons. The predicted octanol–water partition coefficient (Wildman–Crippen LogP) is -0.915. The van der Waals surface area contributed by atoms with E-state index in [1.54, 1.807) is 6.33 Å². The Labute approximate surface area is 209 Å². The van der Waals surface area contributed by atoms with E-state index in [-0.39, 0.29) is 0 Å². The molecule has 1 saturated carbocycles. The van der Waals surface area contributed by atoms with E-state index in [1.807, 2.05) is 6.33 Å². The zero-order valence-electron chi connectivity index (χ0n) is 19.2. The average Bonchev–Trinajstić information content (AvgIpc) is 3.25. The summed E-state index contributed by atoms with van der Waals surface area (Å²) in [4.78, 5) is 31.3. The highest BCUT2D eigenvalue weighted by atomic mass is 19.4. The Kier molecular flexibility index (Phi) is 7.29. The zero-order valence-corrected chi connectivity index (χ0v) is 19.2. The number of alkyl halides is 6. The van der Waals surface area contributed by atoms with Crippen LogP contribution >= 0.6 is 0 Å². The number of halogens is 6. The molecule has 2 bridgehead atoms. The van der Waals surface area contributed by atoms with Crippen molar-refractivity contribution < 1.29 is 56.8 Å². The van der Waals surface area contributed by atoms with Crippen LogP contribution < -0.4 is 20.8 Å². The molecule has 6 rings (SSSR count). The van der Waals surface area contributed by atoms with Gasteiger partial charge in [0.15, 0.2) is 11.2 Å². The Bertz CT molecular complexity index is 1320. The lowest BCUT2D eigenvalue weighted by Gasteiger charge is -2.20. The van der Waals surface area contributed by atoms with Gasteiger partial charge in [0.05, 0.1) is 18.4 Å². The first kappa shape index (κ1) is 27.3. The maximum absolute atomic E-state index is 10.5. The molecular weight excluding hydrogens is 526 g/mol. The highest BCUT2D eigenvalue weighted by Crippen LogP contribution is 2.45. The van der Waals surface area contributed by atoms with E-state index >= 15 is 0 Å². The fourth-order valence-electron chi connectivity index (χ4n) is 4.57. The molecule has 3 aromatic rings. The number of fused-ring (bicyclic) bond motifs is 6. The Morgan fingerprint density at radius 3 is 2.08 bits per heavy atom. The topological polar surface area (TPSA) is 157 Å². The number of benzene rings is 1. The first-order chi connectivity index (χ1) is 17.8. The number of carbonyl (C=O) groups is 2. The Hall–Kier alpha value is -3.79. The predicted molar refractivity (Wildman–Crippen MR) is 110 cm³/mol. The number of carbonyl (C=O) groups excluding carboxylic acids is 2. The fourth-order valence-corrected chi connectivity index (χ4v) is 4.57. The number of imidazole rings is 1. The largest absolute Gasteiger partial charge is 0.542 e. The van der Waals surface area contributed by atoms with Crippen LogP contribution in [0.5, 0.6) is 0 Å². The summed E-state index contributed by atoms with van der Waals surface area (Å²) >= 11 is 0. The van der Waals surface area contributed by atoms with Crippen molar-refractivity contribution in [1.29, 1.82) is 0 Å². The molecule has 4 heterocycles. The van der Waals surface area contributed by atoms with Crippen LogP contribution in [0.4, 0.5) is 32.2 Å². The Balaban J connectivity index is 0.000000202. The number of nitrogens with two attached hydrogens (primary N) is 2. The number of aliphatic carboxylic acids is 2. The van der Waals surface area contributed by atoms with Crippen molar-refractivity contribution in [2.75, 3.05) is 0 Å². The number of carboxylic acids is 2. The maximum atomic E-state index is 10.5. The van der Waals surface area contributed by atoms with Crippen LogP contribution in [-0.4, -0.2) is 49.9 Å². The van der Waals surface area contributed by atoms with Crippen LogP contribution in [0, 0.1) is 0 Å². The van der Waals surface area contributed by atoms with E-state index in [4.69, 9.17) is 19.8 Å². The van der Waals surface area contributed by atoms with Crippen LogP contribution in [0.25, 0.3) is 11.2 Å². The van der Waals surface area contributed by atoms with E-state index < -0.39 is 24.3 Å². The third kappa shape index (κ3) is 5.85. The summed E-state index contributed by atoms with van der Waals surface area (Å²) in [5.41, 5.74) is 4.95. The minimum atomic E-state index is -5.19. The van der Waals surface area contributed by atoms with Crippen LogP contribution in [-0.2, 0) is 9.59 Å². The molecule has 10 nitrogen and oxygen atoms in total. The van der Waals surface area contributed by atoms with Gasteiger partial charge in [0.25, 0.3) is 5.82 Å². The fraction of sp³-hybridized carbons (Fsp3) is 0.409. The zero-order chi connectivity index (χ0) is 27.8. The quantitative estimate of drug-likeness (QED) is 0.403. The standard InChI is InChI=1S/C18H18N6.2C2HF3O2/c1-2-4-12-11(3-1)13-7-14(15(12)23-13)24-9-21-16-17(22-10-5-6-10)19-8-20-18(16)24;2*3-2(4,5)1(6)7/h1-4,8-10,13-15,23H,5-7H2,(H,19,20,22);2*(H,6,7)/t13-,14?,15-;;/m1../s1. The van der Waals surface area contributed by atoms with Gasteiger partial charge in [-0.1, -0.05) is 24.3 Å². The summed E-state index contributed by atoms with van der Waals surface area (Å²) in [7, 11) is 0. The third-order valence-electron chi connectivity index (χ3n) is 6.33. The van der Waals surface area contributed by atoms with Crippen molar-refractivity contribution in [1.82, 2.24) is 19.5 Å². The lowest BCUT2D eigenvalue weighted by molar-refractivity contribution is -0.705. The van der Waals surface area contributed by atoms with Gasteiger partial charge in [-0.3, -0.25) is 5.32 Å². The van der Waals surface area contributed by atoms with Crippen LogP contribution in [0.1, 0.15) is 48.5 Å². The van der Waals surface area contributed by atoms with E-state index in [9.17, 15) is 26.3 Å². The molecule has 3 aliphatic rings. The van der Waals surface area contributed by atoms with Crippen molar-refractivity contribution in [2.24, 2.45) is 0 Å². The highest BCUT2D eigenvalue weighted by Gasteiger charge is 2.49. The number of hydrogen-bond donors (Lipinski definition) is 2. The summed E-state index contributed by atoms with van der Waals surface area (Å²) < 4.78 is 65.4. The normalized spacial score (nSPS) is 21.7. The first-order valence-electron chi connectivity index (χ1n) is 11.3.